The highest BCUT2D eigenvalue weighted by Crippen LogP contribution is 2.33. The quantitative estimate of drug-likeness (QED) is 0.872. The van der Waals surface area contributed by atoms with Gasteiger partial charge in [-0.1, -0.05) is 11.3 Å². The molecule has 4 rings (SSSR count). The smallest absolute Gasteiger partial charge is 0.274 e. The van der Waals surface area contributed by atoms with Crippen LogP contribution in [0.5, 0.6) is 5.19 Å². The van der Waals surface area contributed by atoms with Crippen LogP contribution in [-0.2, 0) is 4.79 Å². The molecule has 0 atom stereocenters. The molecule has 0 unspecified atom stereocenters. The molecule has 1 saturated heterocycles. The predicted molar refractivity (Wildman–Crippen MR) is 82.5 cm³/mol. The average molecular weight is 320 g/mol. The van der Waals surface area contributed by atoms with Crippen molar-refractivity contribution in [2.24, 2.45) is 5.92 Å². The molecule has 0 N–H and O–H groups in total. The molecule has 1 aromatic heterocycles. The molecule has 1 aromatic carbocycles. The van der Waals surface area contributed by atoms with E-state index in [2.05, 4.69) is 4.98 Å². The molecule has 6 heteroatoms. The molecule has 1 aliphatic carbocycles. The fourth-order valence-electron chi connectivity index (χ4n) is 2.85. The van der Waals surface area contributed by atoms with Gasteiger partial charge in [-0.05, 0) is 31.0 Å². The monoisotopic (exact) mass is 320 g/mol. The maximum Gasteiger partial charge on any atom is 0.274 e. The van der Waals surface area contributed by atoms with Gasteiger partial charge < -0.3 is 9.64 Å². The Labute approximate surface area is 131 Å². The van der Waals surface area contributed by atoms with Crippen LogP contribution in [0, 0.1) is 11.7 Å². The summed E-state index contributed by atoms with van der Waals surface area (Å²) in [5.74, 6) is 0.347. The van der Waals surface area contributed by atoms with Crippen LogP contribution in [0.25, 0.3) is 10.2 Å². The summed E-state index contributed by atoms with van der Waals surface area (Å²) in [6.45, 7) is 1.53. The maximum atomic E-state index is 13.2. The number of nitrogens with zero attached hydrogens (tertiary/aromatic N) is 2. The van der Waals surface area contributed by atoms with E-state index >= 15 is 0 Å². The van der Waals surface area contributed by atoms with Crippen molar-refractivity contribution < 1.29 is 13.9 Å². The van der Waals surface area contributed by atoms with Crippen LogP contribution in [-0.4, -0.2) is 35.0 Å². The summed E-state index contributed by atoms with van der Waals surface area (Å²) in [6.07, 6.45) is 3.87. The van der Waals surface area contributed by atoms with Crippen molar-refractivity contribution in [2.75, 3.05) is 13.1 Å². The highest BCUT2D eigenvalue weighted by molar-refractivity contribution is 7.20. The Hall–Kier alpha value is -1.69. The van der Waals surface area contributed by atoms with Gasteiger partial charge in [0.2, 0.25) is 5.91 Å². The Morgan fingerprint density at radius 3 is 2.77 bits per heavy atom. The van der Waals surface area contributed by atoms with Crippen LogP contribution in [0.2, 0.25) is 0 Å². The van der Waals surface area contributed by atoms with Crippen LogP contribution in [0.1, 0.15) is 25.7 Å². The molecule has 22 heavy (non-hydrogen) atoms. The molecule has 0 spiro atoms. The van der Waals surface area contributed by atoms with Crippen molar-refractivity contribution >= 4 is 27.5 Å². The first-order chi connectivity index (χ1) is 10.7. The lowest BCUT2D eigenvalue weighted by molar-refractivity contribution is -0.134. The van der Waals surface area contributed by atoms with Gasteiger partial charge in [-0.25, -0.2) is 9.37 Å². The molecule has 1 saturated carbocycles. The third-order valence-corrected chi connectivity index (χ3v) is 5.19. The fourth-order valence-corrected chi connectivity index (χ4v) is 3.76. The third-order valence-electron chi connectivity index (χ3n) is 4.28. The number of ether oxygens (including phenoxy) is 1. The van der Waals surface area contributed by atoms with Crippen LogP contribution in [0.15, 0.2) is 18.2 Å². The average Bonchev–Trinajstić information content (AvgIpc) is 3.29. The van der Waals surface area contributed by atoms with E-state index in [9.17, 15) is 9.18 Å². The second-order valence-electron chi connectivity index (χ2n) is 6.01. The number of hydrogen-bond acceptors (Lipinski definition) is 4. The minimum absolute atomic E-state index is 0.0914. The summed E-state index contributed by atoms with van der Waals surface area (Å²) >= 11 is 1.37. The zero-order valence-electron chi connectivity index (χ0n) is 12.1. The van der Waals surface area contributed by atoms with Crippen LogP contribution in [0.4, 0.5) is 4.39 Å². The van der Waals surface area contributed by atoms with E-state index in [-0.39, 0.29) is 17.8 Å². The summed E-state index contributed by atoms with van der Waals surface area (Å²) in [7, 11) is 0. The number of carbonyl (C=O) groups is 1. The highest BCUT2D eigenvalue weighted by atomic mass is 32.1. The summed E-state index contributed by atoms with van der Waals surface area (Å²) in [4.78, 5) is 18.4. The second-order valence-corrected chi connectivity index (χ2v) is 7.00. The minimum atomic E-state index is -0.255. The normalized spacial score (nSPS) is 19.6. The maximum absolute atomic E-state index is 13.2. The molecular weight excluding hydrogens is 303 g/mol. The molecule has 2 fully saturated rings. The number of likely N-dealkylation sites (tertiary alicyclic amines) is 1. The number of halogens is 1. The number of hydrogen-bond donors (Lipinski definition) is 0. The predicted octanol–water partition coefficient (Wildman–Crippen LogP) is 3.22. The topological polar surface area (TPSA) is 42.4 Å². The molecule has 0 radical (unpaired) electrons. The van der Waals surface area contributed by atoms with Crippen LogP contribution >= 0.6 is 11.3 Å². The van der Waals surface area contributed by atoms with Gasteiger partial charge in [0.15, 0.2) is 0 Å². The lowest BCUT2D eigenvalue weighted by Crippen LogP contribution is -2.42. The Kier molecular flexibility index (Phi) is 3.48. The van der Waals surface area contributed by atoms with E-state index < -0.39 is 0 Å². The summed E-state index contributed by atoms with van der Waals surface area (Å²) in [5.41, 5.74) is 0.766. The number of amides is 1. The van der Waals surface area contributed by atoms with Crippen molar-refractivity contribution in [1.29, 1.82) is 0 Å². The van der Waals surface area contributed by atoms with Gasteiger partial charge in [0.05, 0.1) is 10.2 Å². The molecule has 1 aliphatic heterocycles. The van der Waals surface area contributed by atoms with Gasteiger partial charge in [-0.15, -0.1) is 0 Å². The van der Waals surface area contributed by atoms with Crippen molar-refractivity contribution in [3.8, 4) is 5.19 Å². The standard InChI is InChI=1S/C16H17FN2O2S/c17-11-3-4-13-14(9-11)22-16(18-13)21-12-5-7-19(8-6-12)15(20)10-1-2-10/h3-4,9-10,12H,1-2,5-8H2. The molecule has 2 aromatic rings. The lowest BCUT2D eigenvalue weighted by atomic mass is 10.1. The van der Waals surface area contributed by atoms with E-state index in [1.54, 1.807) is 6.07 Å². The van der Waals surface area contributed by atoms with Crippen molar-refractivity contribution in [3.05, 3.63) is 24.0 Å². The van der Waals surface area contributed by atoms with E-state index in [1.807, 2.05) is 4.90 Å². The molecule has 2 heterocycles. The Morgan fingerprint density at radius 1 is 1.27 bits per heavy atom. The van der Waals surface area contributed by atoms with Crippen molar-refractivity contribution in [1.82, 2.24) is 9.88 Å². The van der Waals surface area contributed by atoms with Crippen molar-refractivity contribution in [3.63, 3.8) is 0 Å². The minimum Gasteiger partial charge on any atom is -0.467 e. The number of piperidine rings is 1. The molecule has 4 nitrogen and oxygen atoms in total. The number of fused-ring (bicyclic) bond motifs is 1. The van der Waals surface area contributed by atoms with Crippen LogP contribution in [0.3, 0.4) is 0 Å². The second kappa shape index (κ2) is 5.50. The Balaban J connectivity index is 1.38. The van der Waals surface area contributed by atoms with E-state index in [4.69, 9.17) is 4.74 Å². The number of aromatic nitrogens is 1. The number of rotatable bonds is 3. The molecule has 2 aliphatic rings. The largest absolute Gasteiger partial charge is 0.467 e. The molecule has 116 valence electrons. The zero-order chi connectivity index (χ0) is 15.1. The number of thiazole rings is 1. The summed E-state index contributed by atoms with van der Waals surface area (Å²) in [6, 6.07) is 4.56. The summed E-state index contributed by atoms with van der Waals surface area (Å²) < 4.78 is 19.9. The zero-order valence-corrected chi connectivity index (χ0v) is 12.9. The third kappa shape index (κ3) is 2.79. The number of benzene rings is 1. The first-order valence-corrected chi connectivity index (χ1v) is 8.52. The van der Waals surface area contributed by atoms with Crippen LogP contribution < -0.4 is 4.74 Å². The lowest BCUT2D eigenvalue weighted by Gasteiger charge is -2.31. The molecule has 1 amide bonds. The van der Waals surface area contributed by atoms with Gasteiger partial charge in [0, 0.05) is 31.8 Å². The van der Waals surface area contributed by atoms with E-state index in [0.29, 0.717) is 11.1 Å². The SMILES string of the molecule is O=C(C1CC1)N1CCC(Oc2nc3ccc(F)cc3s2)CC1. The van der Waals surface area contributed by atoms with Gasteiger partial charge in [0.1, 0.15) is 11.9 Å². The van der Waals surface area contributed by atoms with Gasteiger partial charge >= 0.3 is 0 Å². The fraction of sp³-hybridized carbons (Fsp3) is 0.500. The first-order valence-electron chi connectivity index (χ1n) is 7.70. The van der Waals surface area contributed by atoms with Gasteiger partial charge in [-0.2, -0.15) is 0 Å². The highest BCUT2D eigenvalue weighted by Gasteiger charge is 2.35. The Bertz CT molecular complexity index is 705. The Morgan fingerprint density at radius 2 is 2.05 bits per heavy atom. The molecular formula is C16H17FN2O2S. The van der Waals surface area contributed by atoms with Crippen molar-refractivity contribution in [2.45, 2.75) is 31.8 Å². The van der Waals surface area contributed by atoms with E-state index in [1.165, 1.54) is 23.5 Å². The molecule has 0 bridgehead atoms. The van der Waals surface area contributed by atoms with Gasteiger partial charge in [-0.3, -0.25) is 4.79 Å². The van der Waals surface area contributed by atoms with Gasteiger partial charge in [0.25, 0.3) is 5.19 Å². The first kappa shape index (κ1) is 13.9. The van der Waals surface area contributed by atoms with E-state index in [0.717, 1.165) is 49.0 Å². The summed E-state index contributed by atoms with van der Waals surface area (Å²) in [5, 5.41) is 0.590. The number of carbonyl (C=O) groups excluding carboxylic acids is 1.